The van der Waals surface area contributed by atoms with Crippen LogP contribution in [-0.2, 0) is 9.84 Å². The van der Waals surface area contributed by atoms with Gasteiger partial charge in [-0.25, -0.2) is 22.3 Å². The van der Waals surface area contributed by atoms with E-state index >= 15 is 0 Å². The zero-order valence-electron chi connectivity index (χ0n) is 13.0. The topological polar surface area (TPSA) is 89.3 Å². The largest absolute Gasteiger partial charge is 0.476 e. The summed E-state index contributed by atoms with van der Waals surface area (Å²) < 4.78 is 37.6. The van der Waals surface area contributed by atoms with Crippen LogP contribution < -0.4 is 0 Å². The molecule has 0 aliphatic heterocycles. The predicted molar refractivity (Wildman–Crippen MR) is 89.0 cm³/mol. The van der Waals surface area contributed by atoms with E-state index in [4.69, 9.17) is 0 Å². The highest BCUT2D eigenvalue weighted by Gasteiger charge is 2.16. The van der Waals surface area contributed by atoms with Gasteiger partial charge in [0.15, 0.2) is 15.5 Å². The van der Waals surface area contributed by atoms with E-state index in [9.17, 15) is 22.7 Å². The molecular weight excluding hydrogens is 347 g/mol. The van der Waals surface area contributed by atoms with E-state index < -0.39 is 21.6 Å². The molecule has 3 rings (SSSR count). The maximum Gasteiger partial charge on any atom is 0.356 e. The van der Waals surface area contributed by atoms with Crippen LogP contribution in [0, 0.1) is 5.82 Å². The Kier molecular flexibility index (Phi) is 4.13. The van der Waals surface area contributed by atoms with Crippen LogP contribution in [-0.4, -0.2) is 35.5 Å². The zero-order valence-corrected chi connectivity index (χ0v) is 13.9. The molecule has 25 heavy (non-hydrogen) atoms. The molecule has 1 aromatic heterocycles. The molecule has 0 amide bonds. The van der Waals surface area contributed by atoms with Crippen LogP contribution in [0.4, 0.5) is 4.39 Å². The quantitative estimate of drug-likeness (QED) is 0.773. The normalized spacial score (nSPS) is 11.4. The summed E-state index contributed by atoms with van der Waals surface area (Å²) >= 11 is 0. The fourth-order valence-electron chi connectivity index (χ4n) is 2.34. The first kappa shape index (κ1) is 16.8. The molecule has 6 nitrogen and oxygen atoms in total. The third-order valence-electron chi connectivity index (χ3n) is 3.58. The van der Waals surface area contributed by atoms with Crippen molar-refractivity contribution in [2.24, 2.45) is 0 Å². The van der Waals surface area contributed by atoms with Gasteiger partial charge in [0.05, 0.1) is 16.3 Å². The van der Waals surface area contributed by atoms with Gasteiger partial charge in [0.2, 0.25) is 0 Å². The van der Waals surface area contributed by atoms with Crippen LogP contribution in [0.5, 0.6) is 0 Å². The molecule has 1 heterocycles. The highest BCUT2D eigenvalue weighted by Crippen LogP contribution is 2.25. The molecule has 0 unspecified atom stereocenters. The molecular formula is C17H13FN2O4S. The minimum absolute atomic E-state index is 0.155. The van der Waals surface area contributed by atoms with Crippen molar-refractivity contribution >= 4 is 15.8 Å². The van der Waals surface area contributed by atoms with Crippen molar-refractivity contribution < 1.29 is 22.7 Å². The number of carboxylic acids is 1. The van der Waals surface area contributed by atoms with E-state index in [0.29, 0.717) is 16.9 Å². The monoisotopic (exact) mass is 360 g/mol. The highest BCUT2D eigenvalue weighted by atomic mass is 32.2. The van der Waals surface area contributed by atoms with Crippen molar-refractivity contribution in [2.45, 2.75) is 4.90 Å². The van der Waals surface area contributed by atoms with Crippen molar-refractivity contribution in [1.29, 1.82) is 0 Å². The van der Waals surface area contributed by atoms with E-state index in [1.807, 2.05) is 0 Å². The number of nitrogens with zero attached hydrogens (tertiary/aromatic N) is 2. The number of sulfone groups is 1. The number of hydrogen-bond donors (Lipinski definition) is 1. The summed E-state index contributed by atoms with van der Waals surface area (Å²) in [4.78, 5) is 11.4. The first-order valence-corrected chi connectivity index (χ1v) is 9.04. The first-order chi connectivity index (χ1) is 11.8. The third-order valence-corrected chi connectivity index (χ3v) is 4.71. The van der Waals surface area contributed by atoms with Crippen molar-refractivity contribution in [1.82, 2.24) is 9.78 Å². The summed E-state index contributed by atoms with van der Waals surface area (Å²) in [5, 5.41) is 13.2. The van der Waals surface area contributed by atoms with Crippen LogP contribution in [0.25, 0.3) is 16.9 Å². The lowest BCUT2D eigenvalue weighted by Gasteiger charge is -2.08. The van der Waals surface area contributed by atoms with Gasteiger partial charge in [0.1, 0.15) is 5.82 Å². The van der Waals surface area contributed by atoms with Gasteiger partial charge in [0, 0.05) is 11.8 Å². The van der Waals surface area contributed by atoms with Crippen molar-refractivity contribution in [3.63, 3.8) is 0 Å². The molecule has 2 aromatic carbocycles. The summed E-state index contributed by atoms with van der Waals surface area (Å²) in [6.07, 6.45) is 1.10. The molecule has 0 atom stereocenters. The van der Waals surface area contributed by atoms with Gasteiger partial charge in [-0.2, -0.15) is 5.10 Å². The molecule has 0 aliphatic carbocycles. The number of aromatic nitrogens is 2. The van der Waals surface area contributed by atoms with Crippen molar-refractivity contribution in [3.8, 4) is 16.9 Å². The molecule has 0 spiro atoms. The number of carbonyl (C=O) groups is 1. The smallest absolute Gasteiger partial charge is 0.356 e. The Labute approximate surface area is 143 Å². The van der Waals surface area contributed by atoms with E-state index in [0.717, 1.165) is 6.26 Å². The lowest BCUT2D eigenvalue weighted by Crippen LogP contribution is -2.02. The Bertz CT molecular complexity index is 1040. The number of rotatable bonds is 4. The maximum atomic E-state index is 13.1. The second-order valence-corrected chi connectivity index (χ2v) is 7.42. The Morgan fingerprint density at radius 1 is 1.08 bits per heavy atom. The number of hydrogen-bond acceptors (Lipinski definition) is 4. The fourth-order valence-corrected chi connectivity index (χ4v) is 2.97. The van der Waals surface area contributed by atoms with Crippen LogP contribution in [0.3, 0.4) is 0 Å². The van der Waals surface area contributed by atoms with Gasteiger partial charge in [-0.1, -0.05) is 12.1 Å². The lowest BCUT2D eigenvalue weighted by atomic mass is 10.1. The summed E-state index contributed by atoms with van der Waals surface area (Å²) in [5.41, 5.74) is 1.34. The van der Waals surface area contributed by atoms with Gasteiger partial charge < -0.3 is 5.11 Å². The summed E-state index contributed by atoms with van der Waals surface area (Å²) in [6.45, 7) is 0. The SMILES string of the molecule is CS(=O)(=O)c1ccc(-c2cc(C(=O)O)nn2-c2ccc(F)cc2)cc1. The highest BCUT2D eigenvalue weighted by molar-refractivity contribution is 7.90. The molecule has 0 fully saturated rings. The lowest BCUT2D eigenvalue weighted by molar-refractivity contribution is 0.0690. The van der Waals surface area contributed by atoms with Gasteiger partial charge >= 0.3 is 5.97 Å². The molecule has 128 valence electrons. The average Bonchev–Trinajstić information content (AvgIpc) is 3.00. The Balaban J connectivity index is 2.14. The number of benzene rings is 2. The number of aromatic carboxylic acids is 1. The molecule has 0 aliphatic rings. The third kappa shape index (κ3) is 3.43. The minimum atomic E-state index is -3.34. The standard InChI is InChI=1S/C17H13FN2O4S/c1-25(23,24)14-8-2-11(3-9-14)16-10-15(17(21)22)19-20(16)13-6-4-12(18)5-7-13/h2-10H,1H3,(H,21,22). The number of carboxylic acid groups (broad SMARTS) is 1. The second-order valence-electron chi connectivity index (χ2n) is 5.40. The van der Waals surface area contributed by atoms with Crippen LogP contribution >= 0.6 is 0 Å². The summed E-state index contributed by atoms with van der Waals surface area (Å²) in [6, 6.07) is 12.8. The summed E-state index contributed by atoms with van der Waals surface area (Å²) in [7, 11) is -3.34. The molecule has 0 bridgehead atoms. The van der Waals surface area contributed by atoms with Gasteiger partial charge in [-0.15, -0.1) is 0 Å². The Hall–Kier alpha value is -3.00. The predicted octanol–water partition coefficient (Wildman–Crippen LogP) is 2.78. The second kappa shape index (κ2) is 6.14. The van der Waals surface area contributed by atoms with Gasteiger partial charge in [0.25, 0.3) is 0 Å². The van der Waals surface area contributed by atoms with Crippen LogP contribution in [0.15, 0.2) is 59.5 Å². The van der Waals surface area contributed by atoms with Crippen molar-refractivity contribution in [2.75, 3.05) is 6.26 Å². The minimum Gasteiger partial charge on any atom is -0.476 e. The van der Waals surface area contributed by atoms with Crippen LogP contribution in [0.2, 0.25) is 0 Å². The summed E-state index contributed by atoms with van der Waals surface area (Å²) in [5.74, 6) is -1.62. The molecule has 1 N–H and O–H groups in total. The molecule has 0 saturated carbocycles. The average molecular weight is 360 g/mol. The molecule has 0 radical (unpaired) electrons. The molecule has 8 heteroatoms. The van der Waals surface area contributed by atoms with Crippen LogP contribution in [0.1, 0.15) is 10.5 Å². The van der Waals surface area contributed by atoms with Crippen molar-refractivity contribution in [3.05, 3.63) is 66.1 Å². The number of halogens is 1. The molecule has 3 aromatic rings. The van der Waals surface area contributed by atoms with E-state index in [-0.39, 0.29) is 10.6 Å². The van der Waals surface area contributed by atoms with E-state index in [2.05, 4.69) is 5.10 Å². The van der Waals surface area contributed by atoms with E-state index in [1.165, 1.54) is 47.1 Å². The Morgan fingerprint density at radius 3 is 2.20 bits per heavy atom. The van der Waals surface area contributed by atoms with Gasteiger partial charge in [-0.3, -0.25) is 0 Å². The fraction of sp³-hybridized carbons (Fsp3) is 0.0588. The maximum absolute atomic E-state index is 13.1. The first-order valence-electron chi connectivity index (χ1n) is 7.15. The van der Waals surface area contributed by atoms with Gasteiger partial charge in [-0.05, 0) is 42.5 Å². The Morgan fingerprint density at radius 2 is 1.68 bits per heavy atom. The molecule has 0 saturated heterocycles. The zero-order chi connectivity index (χ0) is 18.2. The van der Waals surface area contributed by atoms with E-state index in [1.54, 1.807) is 12.1 Å².